The van der Waals surface area contributed by atoms with Crippen molar-refractivity contribution in [3.8, 4) is 0 Å². The number of carbonyl (C=O) groups is 1. The second-order valence-electron chi connectivity index (χ2n) is 6.66. The highest BCUT2D eigenvalue weighted by Crippen LogP contribution is 2.34. The number of amides is 1. The normalized spacial score (nSPS) is 18.6. The van der Waals surface area contributed by atoms with Crippen LogP contribution in [0.2, 0.25) is 0 Å². The van der Waals surface area contributed by atoms with Gasteiger partial charge < -0.3 is 9.64 Å². The number of ether oxygens (including phenoxy) is 1. The Kier molecular flexibility index (Phi) is 4.14. The summed E-state index contributed by atoms with van der Waals surface area (Å²) in [5.41, 5.74) is 2.54. The number of aryl methyl sites for hydroxylation is 2. The van der Waals surface area contributed by atoms with Crippen LogP contribution in [0.1, 0.15) is 48.1 Å². The summed E-state index contributed by atoms with van der Waals surface area (Å²) >= 11 is 1.88. The van der Waals surface area contributed by atoms with Crippen molar-refractivity contribution >= 4 is 17.4 Å². The van der Waals surface area contributed by atoms with Gasteiger partial charge in [-0.25, -0.2) is 4.79 Å². The van der Waals surface area contributed by atoms with Crippen molar-refractivity contribution in [2.24, 2.45) is 0 Å². The quantitative estimate of drug-likeness (QED) is 0.781. The van der Waals surface area contributed by atoms with Gasteiger partial charge in [-0.1, -0.05) is 0 Å². The van der Waals surface area contributed by atoms with Gasteiger partial charge in [-0.2, -0.15) is 0 Å². The molecular weight excluding hydrogens is 270 g/mol. The van der Waals surface area contributed by atoms with Crippen LogP contribution in [0, 0.1) is 13.8 Å². The molecule has 1 aromatic rings. The first-order valence-electron chi connectivity index (χ1n) is 7.22. The van der Waals surface area contributed by atoms with Gasteiger partial charge in [0.1, 0.15) is 5.60 Å². The summed E-state index contributed by atoms with van der Waals surface area (Å²) in [6.45, 7) is 10.1. The smallest absolute Gasteiger partial charge is 0.410 e. The van der Waals surface area contributed by atoms with Crippen LogP contribution in [0.5, 0.6) is 0 Å². The molecule has 0 fully saturated rings. The lowest BCUT2D eigenvalue weighted by atomic mass is 9.88. The molecule has 0 bridgehead atoms. The number of thiophene rings is 1. The van der Waals surface area contributed by atoms with Gasteiger partial charge in [-0.15, -0.1) is 11.3 Å². The Labute approximate surface area is 125 Å². The first kappa shape index (κ1) is 15.4. The van der Waals surface area contributed by atoms with Crippen LogP contribution < -0.4 is 0 Å². The molecule has 0 aliphatic heterocycles. The predicted octanol–water partition coefficient (Wildman–Crippen LogP) is 4.09. The Morgan fingerprint density at radius 1 is 1.25 bits per heavy atom. The van der Waals surface area contributed by atoms with Gasteiger partial charge in [0, 0.05) is 22.8 Å². The van der Waals surface area contributed by atoms with Crippen molar-refractivity contribution < 1.29 is 9.53 Å². The van der Waals surface area contributed by atoms with E-state index in [1.165, 1.54) is 20.9 Å². The van der Waals surface area contributed by atoms with Crippen molar-refractivity contribution in [1.29, 1.82) is 0 Å². The molecule has 3 nitrogen and oxygen atoms in total. The molecule has 0 N–H and O–H groups in total. The van der Waals surface area contributed by atoms with Crippen LogP contribution >= 0.6 is 11.3 Å². The molecular formula is C16H25NO2S. The minimum absolute atomic E-state index is 0.212. The fraction of sp³-hybridized carbons (Fsp3) is 0.688. The van der Waals surface area contributed by atoms with Gasteiger partial charge in [0.05, 0.1) is 0 Å². The maximum absolute atomic E-state index is 12.2. The van der Waals surface area contributed by atoms with E-state index in [1.807, 2.05) is 39.2 Å². The van der Waals surface area contributed by atoms with E-state index in [1.54, 1.807) is 4.90 Å². The van der Waals surface area contributed by atoms with E-state index >= 15 is 0 Å². The highest BCUT2D eigenvalue weighted by atomic mass is 32.1. The zero-order valence-corrected chi connectivity index (χ0v) is 14.2. The Morgan fingerprint density at radius 2 is 1.85 bits per heavy atom. The molecule has 0 unspecified atom stereocenters. The van der Waals surface area contributed by atoms with E-state index in [0.29, 0.717) is 0 Å². The van der Waals surface area contributed by atoms with E-state index < -0.39 is 5.60 Å². The molecule has 20 heavy (non-hydrogen) atoms. The van der Waals surface area contributed by atoms with Gasteiger partial charge in [0.25, 0.3) is 0 Å². The van der Waals surface area contributed by atoms with Crippen molar-refractivity contribution in [3.05, 3.63) is 20.9 Å². The maximum Gasteiger partial charge on any atom is 0.410 e. The van der Waals surface area contributed by atoms with Crippen molar-refractivity contribution in [3.63, 3.8) is 0 Å². The Balaban J connectivity index is 2.09. The second-order valence-corrected chi connectivity index (χ2v) is 8.09. The minimum atomic E-state index is -0.430. The monoisotopic (exact) mass is 295 g/mol. The lowest BCUT2D eigenvalue weighted by Gasteiger charge is -2.33. The molecule has 0 spiro atoms. The highest BCUT2D eigenvalue weighted by molar-refractivity contribution is 7.12. The molecule has 0 saturated heterocycles. The van der Waals surface area contributed by atoms with Gasteiger partial charge in [-0.05, 0) is 65.0 Å². The van der Waals surface area contributed by atoms with Crippen LogP contribution in [0.15, 0.2) is 0 Å². The average Bonchev–Trinajstić information content (AvgIpc) is 2.61. The van der Waals surface area contributed by atoms with E-state index in [0.717, 1.165) is 19.3 Å². The van der Waals surface area contributed by atoms with Gasteiger partial charge in [0.2, 0.25) is 0 Å². The fourth-order valence-electron chi connectivity index (χ4n) is 2.83. The maximum atomic E-state index is 12.2. The summed E-state index contributed by atoms with van der Waals surface area (Å²) in [5.74, 6) is 0. The molecule has 1 atom stereocenters. The molecule has 1 aromatic heterocycles. The van der Waals surface area contributed by atoms with Crippen LogP contribution in [-0.4, -0.2) is 29.7 Å². The van der Waals surface area contributed by atoms with Crippen molar-refractivity contribution in [2.75, 3.05) is 7.05 Å². The third-order valence-electron chi connectivity index (χ3n) is 3.92. The SMILES string of the molecule is Cc1sc(C)c2c1CC[C@@H](N(C)C(=O)OC(C)(C)C)C2. The number of nitrogens with zero attached hydrogens (tertiary/aromatic N) is 1. The lowest BCUT2D eigenvalue weighted by molar-refractivity contribution is 0.0210. The molecule has 4 heteroatoms. The van der Waals surface area contributed by atoms with Gasteiger partial charge in [-0.3, -0.25) is 0 Å². The zero-order valence-electron chi connectivity index (χ0n) is 13.4. The Morgan fingerprint density at radius 3 is 2.45 bits per heavy atom. The average molecular weight is 295 g/mol. The fourth-order valence-corrected chi connectivity index (χ4v) is 3.97. The van der Waals surface area contributed by atoms with Crippen LogP contribution in [0.4, 0.5) is 4.79 Å². The van der Waals surface area contributed by atoms with Gasteiger partial charge in [0.15, 0.2) is 0 Å². The molecule has 1 aliphatic carbocycles. The first-order chi connectivity index (χ1) is 9.19. The van der Waals surface area contributed by atoms with Crippen LogP contribution in [0.3, 0.4) is 0 Å². The minimum Gasteiger partial charge on any atom is -0.444 e. The molecule has 2 rings (SSSR count). The van der Waals surface area contributed by atoms with Crippen LogP contribution in [-0.2, 0) is 17.6 Å². The third kappa shape index (κ3) is 3.17. The molecule has 0 saturated carbocycles. The highest BCUT2D eigenvalue weighted by Gasteiger charge is 2.30. The van der Waals surface area contributed by atoms with Crippen LogP contribution in [0.25, 0.3) is 0 Å². The molecule has 0 radical (unpaired) electrons. The summed E-state index contributed by atoms with van der Waals surface area (Å²) in [6.07, 6.45) is 2.85. The first-order valence-corrected chi connectivity index (χ1v) is 8.04. The molecule has 1 aliphatic rings. The summed E-state index contributed by atoms with van der Waals surface area (Å²) in [5, 5.41) is 0. The standard InChI is InChI=1S/C16H25NO2S/c1-10-13-8-7-12(9-14(13)11(2)20-10)17(6)15(18)19-16(3,4)5/h12H,7-9H2,1-6H3/t12-/m1/s1. The number of carbonyl (C=O) groups excluding carboxylic acids is 1. The lowest BCUT2D eigenvalue weighted by Crippen LogP contribution is -2.43. The molecule has 1 heterocycles. The number of hydrogen-bond acceptors (Lipinski definition) is 3. The Bertz CT molecular complexity index is 513. The number of rotatable bonds is 1. The van der Waals surface area contributed by atoms with Crippen molar-refractivity contribution in [1.82, 2.24) is 4.90 Å². The number of hydrogen-bond donors (Lipinski definition) is 0. The number of likely N-dealkylation sites (N-methyl/N-ethyl adjacent to an activating group) is 1. The third-order valence-corrected chi connectivity index (χ3v) is 5.02. The van der Waals surface area contributed by atoms with Crippen molar-refractivity contribution in [2.45, 2.75) is 65.5 Å². The topological polar surface area (TPSA) is 29.5 Å². The van der Waals surface area contributed by atoms with E-state index in [-0.39, 0.29) is 12.1 Å². The summed E-state index contributed by atoms with van der Waals surface area (Å²) in [7, 11) is 1.86. The predicted molar refractivity (Wildman–Crippen MR) is 83.6 cm³/mol. The van der Waals surface area contributed by atoms with E-state index in [9.17, 15) is 4.79 Å². The number of fused-ring (bicyclic) bond motifs is 1. The molecule has 0 aromatic carbocycles. The summed E-state index contributed by atoms with van der Waals surface area (Å²) in [6, 6.07) is 0.255. The van der Waals surface area contributed by atoms with Gasteiger partial charge >= 0.3 is 6.09 Å². The molecule has 112 valence electrons. The summed E-state index contributed by atoms with van der Waals surface area (Å²) < 4.78 is 5.47. The summed E-state index contributed by atoms with van der Waals surface area (Å²) in [4.78, 5) is 16.8. The Hall–Kier alpha value is -1.03. The largest absolute Gasteiger partial charge is 0.444 e. The van der Waals surface area contributed by atoms with E-state index in [4.69, 9.17) is 4.74 Å². The molecule has 1 amide bonds. The zero-order chi connectivity index (χ0) is 15.1. The van der Waals surface area contributed by atoms with E-state index in [2.05, 4.69) is 13.8 Å². The second kappa shape index (κ2) is 5.40.